The SMILES string of the molecule is O=S(=O)(c1ccccc1)C1CCN(c2ncc(Cl)cn2)CC1. The lowest BCUT2D eigenvalue weighted by Gasteiger charge is -2.31. The molecular formula is C15H16ClN3O2S. The minimum atomic E-state index is -3.26. The lowest BCUT2D eigenvalue weighted by molar-refractivity contribution is 0.525. The Hall–Kier alpha value is -1.66. The molecule has 0 spiro atoms. The third kappa shape index (κ3) is 3.08. The van der Waals surface area contributed by atoms with Gasteiger partial charge in [0.05, 0.1) is 27.6 Å². The lowest BCUT2D eigenvalue weighted by Crippen LogP contribution is -2.40. The van der Waals surface area contributed by atoms with Gasteiger partial charge in [0.1, 0.15) is 0 Å². The fourth-order valence-electron chi connectivity index (χ4n) is 2.64. The van der Waals surface area contributed by atoms with E-state index in [2.05, 4.69) is 9.97 Å². The number of anilines is 1. The molecule has 0 radical (unpaired) electrons. The Kier molecular flexibility index (Phi) is 4.31. The predicted molar refractivity (Wildman–Crippen MR) is 85.9 cm³/mol. The number of benzene rings is 1. The second-order valence-corrected chi connectivity index (χ2v) is 7.91. The van der Waals surface area contributed by atoms with E-state index in [1.807, 2.05) is 11.0 Å². The Labute approximate surface area is 134 Å². The number of sulfone groups is 1. The summed E-state index contributed by atoms with van der Waals surface area (Å²) in [5.41, 5.74) is 0. The fourth-order valence-corrected chi connectivity index (χ4v) is 4.49. The predicted octanol–water partition coefficient (Wildman–Crippen LogP) is 2.57. The van der Waals surface area contributed by atoms with Crippen LogP contribution < -0.4 is 4.90 Å². The van der Waals surface area contributed by atoms with Gasteiger partial charge >= 0.3 is 0 Å². The summed E-state index contributed by atoms with van der Waals surface area (Å²) in [4.78, 5) is 10.8. The zero-order chi connectivity index (χ0) is 15.6. The molecule has 0 N–H and O–H groups in total. The van der Waals surface area contributed by atoms with Gasteiger partial charge in [0.2, 0.25) is 5.95 Å². The van der Waals surface area contributed by atoms with E-state index in [0.29, 0.717) is 41.8 Å². The third-order valence-electron chi connectivity index (χ3n) is 3.84. The summed E-state index contributed by atoms with van der Waals surface area (Å²) in [6, 6.07) is 8.64. The van der Waals surface area contributed by atoms with Gasteiger partial charge in [-0.05, 0) is 25.0 Å². The van der Waals surface area contributed by atoms with E-state index in [4.69, 9.17) is 11.6 Å². The zero-order valence-electron chi connectivity index (χ0n) is 11.9. The number of hydrogen-bond acceptors (Lipinski definition) is 5. The topological polar surface area (TPSA) is 63.2 Å². The monoisotopic (exact) mass is 337 g/mol. The highest BCUT2D eigenvalue weighted by Crippen LogP contribution is 2.26. The summed E-state index contributed by atoms with van der Waals surface area (Å²) in [6.07, 6.45) is 4.25. The van der Waals surface area contributed by atoms with E-state index < -0.39 is 9.84 Å². The van der Waals surface area contributed by atoms with E-state index in [1.54, 1.807) is 36.7 Å². The average Bonchev–Trinajstić information content (AvgIpc) is 2.56. The molecule has 0 atom stereocenters. The summed E-state index contributed by atoms with van der Waals surface area (Å²) in [7, 11) is -3.26. The number of halogens is 1. The van der Waals surface area contributed by atoms with Crippen LogP contribution in [0.5, 0.6) is 0 Å². The molecule has 3 rings (SSSR count). The van der Waals surface area contributed by atoms with Crippen molar-refractivity contribution in [3.05, 3.63) is 47.7 Å². The molecule has 1 aromatic heterocycles. The maximum absolute atomic E-state index is 12.6. The first kappa shape index (κ1) is 15.2. The van der Waals surface area contributed by atoms with Gasteiger partial charge in [-0.1, -0.05) is 29.8 Å². The van der Waals surface area contributed by atoms with Crippen LogP contribution in [0.3, 0.4) is 0 Å². The summed E-state index contributed by atoms with van der Waals surface area (Å²) >= 11 is 5.78. The van der Waals surface area contributed by atoms with Gasteiger partial charge in [0, 0.05) is 13.1 Å². The Bertz CT molecular complexity index is 727. The Morgan fingerprint density at radius 2 is 1.64 bits per heavy atom. The van der Waals surface area contributed by atoms with Gasteiger partial charge in [0.25, 0.3) is 0 Å². The fraction of sp³-hybridized carbons (Fsp3) is 0.333. The quantitative estimate of drug-likeness (QED) is 0.861. The van der Waals surface area contributed by atoms with Gasteiger partial charge in [0.15, 0.2) is 9.84 Å². The highest BCUT2D eigenvalue weighted by Gasteiger charge is 2.31. The minimum Gasteiger partial charge on any atom is -0.341 e. The summed E-state index contributed by atoms with van der Waals surface area (Å²) in [6.45, 7) is 1.25. The zero-order valence-corrected chi connectivity index (χ0v) is 13.5. The number of aromatic nitrogens is 2. The first-order chi connectivity index (χ1) is 10.6. The second kappa shape index (κ2) is 6.22. The number of piperidine rings is 1. The molecule has 116 valence electrons. The van der Waals surface area contributed by atoms with Crippen LogP contribution in [0.1, 0.15) is 12.8 Å². The molecule has 0 saturated carbocycles. The third-order valence-corrected chi connectivity index (χ3v) is 6.32. The van der Waals surface area contributed by atoms with Crippen LogP contribution in [0.25, 0.3) is 0 Å². The van der Waals surface area contributed by atoms with Crippen LogP contribution in [0, 0.1) is 0 Å². The minimum absolute atomic E-state index is 0.349. The molecule has 2 heterocycles. The maximum atomic E-state index is 12.6. The van der Waals surface area contributed by atoms with Crippen molar-refractivity contribution in [2.75, 3.05) is 18.0 Å². The molecule has 2 aromatic rings. The molecule has 22 heavy (non-hydrogen) atoms. The first-order valence-electron chi connectivity index (χ1n) is 7.09. The molecular weight excluding hydrogens is 322 g/mol. The van der Waals surface area contributed by atoms with Crippen molar-refractivity contribution in [2.45, 2.75) is 23.0 Å². The van der Waals surface area contributed by atoms with Crippen LogP contribution in [-0.2, 0) is 9.84 Å². The molecule has 1 aliphatic rings. The second-order valence-electron chi connectivity index (χ2n) is 5.25. The van der Waals surface area contributed by atoms with Gasteiger partial charge in [-0.15, -0.1) is 0 Å². The molecule has 1 fully saturated rings. The highest BCUT2D eigenvalue weighted by atomic mass is 35.5. The molecule has 1 aromatic carbocycles. The van der Waals surface area contributed by atoms with E-state index in [0.717, 1.165) is 0 Å². The standard InChI is InChI=1S/C15H16ClN3O2S/c16-12-10-17-15(18-11-12)19-8-6-14(7-9-19)22(20,21)13-4-2-1-3-5-13/h1-5,10-11,14H,6-9H2. The number of rotatable bonds is 3. The molecule has 0 bridgehead atoms. The molecule has 0 amide bonds. The van der Waals surface area contributed by atoms with E-state index in [1.165, 1.54) is 0 Å². The van der Waals surface area contributed by atoms with Crippen LogP contribution in [-0.4, -0.2) is 36.7 Å². The van der Waals surface area contributed by atoms with Crippen molar-refractivity contribution in [2.24, 2.45) is 0 Å². The van der Waals surface area contributed by atoms with E-state index in [9.17, 15) is 8.42 Å². The van der Waals surface area contributed by atoms with Crippen molar-refractivity contribution >= 4 is 27.4 Å². The average molecular weight is 338 g/mol. The molecule has 7 heteroatoms. The highest BCUT2D eigenvalue weighted by molar-refractivity contribution is 7.92. The summed E-state index contributed by atoms with van der Waals surface area (Å²) in [5.74, 6) is 0.597. The van der Waals surface area contributed by atoms with Crippen LogP contribution in [0.2, 0.25) is 5.02 Å². The van der Waals surface area contributed by atoms with E-state index in [-0.39, 0.29) is 5.25 Å². The maximum Gasteiger partial charge on any atom is 0.225 e. The van der Waals surface area contributed by atoms with E-state index >= 15 is 0 Å². The lowest BCUT2D eigenvalue weighted by atomic mass is 10.1. The van der Waals surface area contributed by atoms with Crippen molar-refractivity contribution in [1.82, 2.24) is 9.97 Å². The largest absolute Gasteiger partial charge is 0.341 e. The Morgan fingerprint density at radius 1 is 1.05 bits per heavy atom. The molecule has 1 saturated heterocycles. The van der Waals surface area contributed by atoms with Crippen molar-refractivity contribution < 1.29 is 8.42 Å². The van der Waals surface area contributed by atoms with Gasteiger partial charge in [-0.3, -0.25) is 0 Å². The molecule has 0 aliphatic carbocycles. The first-order valence-corrected chi connectivity index (χ1v) is 9.01. The molecule has 0 unspecified atom stereocenters. The number of nitrogens with zero attached hydrogens (tertiary/aromatic N) is 3. The number of hydrogen-bond donors (Lipinski definition) is 0. The van der Waals surface area contributed by atoms with Gasteiger partial charge in [-0.2, -0.15) is 0 Å². The smallest absolute Gasteiger partial charge is 0.225 e. The summed E-state index contributed by atoms with van der Waals surface area (Å²) < 4.78 is 25.2. The van der Waals surface area contributed by atoms with Crippen molar-refractivity contribution in [1.29, 1.82) is 0 Å². The van der Waals surface area contributed by atoms with Crippen molar-refractivity contribution in [3.8, 4) is 0 Å². The summed E-state index contributed by atoms with van der Waals surface area (Å²) in [5, 5.41) is 0.142. The normalized spacial score (nSPS) is 16.7. The van der Waals surface area contributed by atoms with Crippen molar-refractivity contribution in [3.63, 3.8) is 0 Å². The molecule has 5 nitrogen and oxygen atoms in total. The Balaban J connectivity index is 1.70. The van der Waals surface area contributed by atoms with Crippen LogP contribution in [0.4, 0.5) is 5.95 Å². The van der Waals surface area contributed by atoms with Gasteiger partial charge < -0.3 is 4.90 Å². The Morgan fingerprint density at radius 3 is 2.23 bits per heavy atom. The van der Waals surface area contributed by atoms with Crippen LogP contribution >= 0.6 is 11.6 Å². The molecule has 1 aliphatic heterocycles. The van der Waals surface area contributed by atoms with Gasteiger partial charge in [-0.25, -0.2) is 18.4 Å². The van der Waals surface area contributed by atoms with Crippen LogP contribution in [0.15, 0.2) is 47.6 Å².